The number of ether oxygens (including phenoxy) is 2. The lowest BCUT2D eigenvalue weighted by molar-refractivity contribution is -0.384. The minimum atomic E-state index is -0.617. The van der Waals surface area contributed by atoms with Crippen LogP contribution in [0.1, 0.15) is 6.92 Å². The highest BCUT2D eigenvalue weighted by Gasteiger charge is 2.19. The van der Waals surface area contributed by atoms with Crippen molar-refractivity contribution in [3.63, 3.8) is 0 Å². The molecule has 2 N–H and O–H groups in total. The van der Waals surface area contributed by atoms with E-state index in [9.17, 15) is 14.9 Å². The molecule has 0 saturated carbocycles. The second kappa shape index (κ2) is 8.05. The topological polar surface area (TPSA) is 103 Å². The predicted octanol–water partition coefficient (Wildman–Crippen LogP) is 1.17. The standard InChI is InChI=1S/C13H19N3O5/c1-9(13(17)14-6-7-20-2)15-11-5-4-10(21-3)8-12(11)16(18)19/h4-5,8-9,15H,6-7H2,1-3H3,(H,14,17). The number of benzene rings is 1. The summed E-state index contributed by atoms with van der Waals surface area (Å²) in [5.41, 5.74) is 0.112. The molecule has 8 nitrogen and oxygen atoms in total. The van der Waals surface area contributed by atoms with Crippen molar-refractivity contribution < 1.29 is 19.2 Å². The Morgan fingerprint density at radius 1 is 1.43 bits per heavy atom. The SMILES string of the molecule is COCCNC(=O)C(C)Nc1ccc(OC)cc1[N+](=O)[O-]. The number of rotatable bonds is 8. The number of amides is 1. The van der Waals surface area contributed by atoms with Gasteiger partial charge in [0.2, 0.25) is 5.91 Å². The Hall–Kier alpha value is -2.35. The average molecular weight is 297 g/mol. The molecule has 1 amide bonds. The Morgan fingerprint density at radius 3 is 2.71 bits per heavy atom. The smallest absolute Gasteiger partial charge is 0.296 e. The van der Waals surface area contributed by atoms with Crippen LogP contribution in [0.5, 0.6) is 5.75 Å². The molecular formula is C13H19N3O5. The summed E-state index contributed by atoms with van der Waals surface area (Å²) in [6.07, 6.45) is 0. The molecule has 8 heteroatoms. The van der Waals surface area contributed by atoms with Crippen LogP contribution in [0, 0.1) is 10.1 Å². The molecule has 0 spiro atoms. The maximum atomic E-state index is 11.8. The van der Waals surface area contributed by atoms with E-state index in [2.05, 4.69) is 10.6 Å². The quantitative estimate of drug-likeness (QED) is 0.424. The third-order valence-electron chi connectivity index (χ3n) is 2.77. The molecule has 0 aromatic heterocycles. The summed E-state index contributed by atoms with van der Waals surface area (Å²) in [5.74, 6) is 0.113. The van der Waals surface area contributed by atoms with Gasteiger partial charge in [0, 0.05) is 13.7 Å². The van der Waals surface area contributed by atoms with Gasteiger partial charge >= 0.3 is 0 Å². The average Bonchev–Trinajstić information content (AvgIpc) is 2.47. The Balaban J connectivity index is 2.77. The van der Waals surface area contributed by atoms with Crippen molar-refractivity contribution >= 4 is 17.3 Å². The highest BCUT2D eigenvalue weighted by atomic mass is 16.6. The molecule has 0 aliphatic carbocycles. The van der Waals surface area contributed by atoms with E-state index in [4.69, 9.17) is 9.47 Å². The van der Waals surface area contributed by atoms with Gasteiger partial charge < -0.3 is 20.1 Å². The van der Waals surface area contributed by atoms with Gasteiger partial charge in [0.25, 0.3) is 5.69 Å². The Labute approximate surface area is 122 Å². The molecular weight excluding hydrogens is 278 g/mol. The van der Waals surface area contributed by atoms with Crippen LogP contribution in [0.25, 0.3) is 0 Å². The summed E-state index contributed by atoms with van der Waals surface area (Å²) in [7, 11) is 2.96. The van der Waals surface area contributed by atoms with Crippen molar-refractivity contribution in [2.24, 2.45) is 0 Å². The number of carbonyl (C=O) groups is 1. The molecule has 1 atom stereocenters. The van der Waals surface area contributed by atoms with Crippen molar-refractivity contribution in [1.82, 2.24) is 5.32 Å². The second-order valence-electron chi connectivity index (χ2n) is 4.29. The fourth-order valence-electron chi connectivity index (χ4n) is 1.64. The van der Waals surface area contributed by atoms with Crippen molar-refractivity contribution in [2.45, 2.75) is 13.0 Å². The summed E-state index contributed by atoms with van der Waals surface area (Å²) in [6, 6.07) is 3.78. The molecule has 1 rings (SSSR count). The number of nitrogens with zero attached hydrogens (tertiary/aromatic N) is 1. The summed E-state index contributed by atoms with van der Waals surface area (Å²) < 4.78 is 9.78. The van der Waals surface area contributed by atoms with Crippen molar-refractivity contribution in [1.29, 1.82) is 0 Å². The third-order valence-corrected chi connectivity index (χ3v) is 2.77. The highest BCUT2D eigenvalue weighted by molar-refractivity contribution is 5.85. The molecule has 0 fully saturated rings. The normalized spacial score (nSPS) is 11.6. The molecule has 0 aliphatic heterocycles. The van der Waals surface area contributed by atoms with Crippen LogP contribution in [0.15, 0.2) is 18.2 Å². The van der Waals surface area contributed by atoms with E-state index in [-0.39, 0.29) is 17.3 Å². The minimum Gasteiger partial charge on any atom is -0.496 e. The molecule has 21 heavy (non-hydrogen) atoms. The number of hydrogen-bond acceptors (Lipinski definition) is 6. The molecule has 116 valence electrons. The van der Waals surface area contributed by atoms with Crippen LogP contribution in [-0.2, 0) is 9.53 Å². The highest BCUT2D eigenvalue weighted by Crippen LogP contribution is 2.29. The van der Waals surface area contributed by atoms with E-state index in [1.807, 2.05) is 0 Å². The maximum absolute atomic E-state index is 11.8. The van der Waals surface area contributed by atoms with Crippen molar-refractivity contribution in [3.8, 4) is 5.75 Å². The van der Waals surface area contributed by atoms with Gasteiger partial charge in [0.1, 0.15) is 17.5 Å². The lowest BCUT2D eigenvalue weighted by Gasteiger charge is -2.15. The van der Waals surface area contributed by atoms with Crippen LogP contribution >= 0.6 is 0 Å². The van der Waals surface area contributed by atoms with Gasteiger partial charge in [-0.2, -0.15) is 0 Å². The lowest BCUT2D eigenvalue weighted by Crippen LogP contribution is -2.39. The zero-order chi connectivity index (χ0) is 15.8. The van der Waals surface area contributed by atoms with Gasteiger partial charge in [-0.15, -0.1) is 0 Å². The van der Waals surface area contributed by atoms with Gasteiger partial charge in [-0.05, 0) is 19.1 Å². The number of carbonyl (C=O) groups excluding carboxylic acids is 1. The maximum Gasteiger partial charge on any atom is 0.296 e. The molecule has 0 aliphatic rings. The minimum absolute atomic E-state index is 0.147. The number of nitro groups is 1. The van der Waals surface area contributed by atoms with E-state index >= 15 is 0 Å². The fourth-order valence-corrected chi connectivity index (χ4v) is 1.64. The van der Waals surface area contributed by atoms with Crippen LogP contribution in [0.4, 0.5) is 11.4 Å². The van der Waals surface area contributed by atoms with Crippen molar-refractivity contribution in [3.05, 3.63) is 28.3 Å². The number of hydrogen-bond donors (Lipinski definition) is 2. The Bertz CT molecular complexity index is 507. The van der Waals surface area contributed by atoms with Crippen LogP contribution in [0.2, 0.25) is 0 Å². The summed E-state index contributed by atoms with van der Waals surface area (Å²) >= 11 is 0. The number of anilines is 1. The summed E-state index contributed by atoms with van der Waals surface area (Å²) in [4.78, 5) is 22.3. The first-order chi connectivity index (χ1) is 9.99. The van der Waals surface area contributed by atoms with Gasteiger partial charge in [0.05, 0.1) is 24.7 Å². The number of methoxy groups -OCH3 is 2. The zero-order valence-electron chi connectivity index (χ0n) is 12.2. The van der Waals surface area contributed by atoms with E-state index in [0.29, 0.717) is 18.9 Å². The number of nitrogens with one attached hydrogen (secondary N) is 2. The molecule has 1 aromatic rings. The van der Waals surface area contributed by atoms with Gasteiger partial charge in [-0.3, -0.25) is 14.9 Å². The van der Waals surface area contributed by atoms with Gasteiger partial charge in [-0.25, -0.2) is 0 Å². The first-order valence-corrected chi connectivity index (χ1v) is 6.35. The largest absolute Gasteiger partial charge is 0.496 e. The first kappa shape index (κ1) is 16.7. The fraction of sp³-hybridized carbons (Fsp3) is 0.462. The first-order valence-electron chi connectivity index (χ1n) is 6.35. The lowest BCUT2D eigenvalue weighted by atomic mass is 10.2. The van der Waals surface area contributed by atoms with Gasteiger partial charge in [0.15, 0.2) is 0 Å². The summed E-state index contributed by atoms with van der Waals surface area (Å²) in [6.45, 7) is 2.41. The molecule has 0 heterocycles. The van der Waals surface area contributed by atoms with Crippen molar-refractivity contribution in [2.75, 3.05) is 32.7 Å². The number of nitro benzene ring substituents is 1. The second-order valence-corrected chi connectivity index (χ2v) is 4.29. The van der Waals surface area contributed by atoms with E-state index < -0.39 is 11.0 Å². The molecule has 0 bridgehead atoms. The monoisotopic (exact) mass is 297 g/mol. The van der Waals surface area contributed by atoms with Crippen LogP contribution in [0.3, 0.4) is 0 Å². The molecule has 1 aromatic carbocycles. The van der Waals surface area contributed by atoms with E-state index in [0.717, 1.165) is 0 Å². The summed E-state index contributed by atoms with van der Waals surface area (Å²) in [5, 5.41) is 16.5. The van der Waals surface area contributed by atoms with Crippen LogP contribution < -0.4 is 15.4 Å². The van der Waals surface area contributed by atoms with Gasteiger partial charge in [-0.1, -0.05) is 0 Å². The van der Waals surface area contributed by atoms with Crippen LogP contribution in [-0.4, -0.2) is 44.2 Å². The van der Waals surface area contributed by atoms with E-state index in [1.54, 1.807) is 13.0 Å². The zero-order valence-corrected chi connectivity index (χ0v) is 12.2. The Kier molecular flexibility index (Phi) is 6.41. The molecule has 0 radical (unpaired) electrons. The predicted molar refractivity (Wildman–Crippen MR) is 77.6 cm³/mol. The molecule has 0 saturated heterocycles. The van der Waals surface area contributed by atoms with E-state index in [1.165, 1.54) is 26.4 Å². The third kappa shape index (κ3) is 4.92. The Morgan fingerprint density at radius 2 is 2.14 bits per heavy atom. The molecule has 1 unspecified atom stereocenters.